The quantitative estimate of drug-likeness (QED) is 0.887. The van der Waals surface area contributed by atoms with Crippen molar-refractivity contribution in [1.29, 1.82) is 0 Å². The van der Waals surface area contributed by atoms with Crippen LogP contribution in [0.2, 0.25) is 0 Å². The van der Waals surface area contributed by atoms with Crippen LogP contribution in [0.25, 0.3) is 0 Å². The van der Waals surface area contributed by atoms with Crippen LogP contribution in [-0.2, 0) is 6.54 Å². The van der Waals surface area contributed by atoms with Crippen LogP contribution in [0.4, 0.5) is 5.13 Å². The fourth-order valence-corrected chi connectivity index (χ4v) is 2.94. The van der Waals surface area contributed by atoms with Gasteiger partial charge in [0.05, 0.1) is 17.2 Å². The Balaban J connectivity index is 1.97. The summed E-state index contributed by atoms with van der Waals surface area (Å²) in [4.78, 5) is 18.2. The lowest BCUT2D eigenvalue weighted by Gasteiger charge is -2.13. The van der Waals surface area contributed by atoms with Crippen molar-refractivity contribution >= 4 is 33.7 Å². The molecule has 0 aliphatic rings. The second-order valence-corrected chi connectivity index (χ2v) is 6.40. The molecular weight excluding hydrogens is 294 g/mol. The number of nitrogens with zero attached hydrogens (tertiary/aromatic N) is 4. The number of carbonyl (C=O) groups excluding carboxylic acids is 1. The van der Waals surface area contributed by atoms with E-state index in [1.807, 2.05) is 12.3 Å². The third kappa shape index (κ3) is 3.73. The van der Waals surface area contributed by atoms with Gasteiger partial charge < -0.3 is 10.2 Å². The van der Waals surface area contributed by atoms with E-state index in [0.29, 0.717) is 16.7 Å². The van der Waals surface area contributed by atoms with Crippen LogP contribution < -0.4 is 5.32 Å². The number of nitrogens with one attached hydrogen (secondary N) is 1. The van der Waals surface area contributed by atoms with Crippen LogP contribution in [0.15, 0.2) is 5.38 Å². The van der Waals surface area contributed by atoms with Gasteiger partial charge in [0, 0.05) is 19.0 Å². The largest absolute Gasteiger partial charge is 0.360 e. The van der Waals surface area contributed by atoms with Gasteiger partial charge in [-0.3, -0.25) is 4.79 Å². The van der Waals surface area contributed by atoms with Crippen molar-refractivity contribution in [3.05, 3.63) is 21.1 Å². The monoisotopic (exact) mass is 311 g/mol. The van der Waals surface area contributed by atoms with Gasteiger partial charge in [-0.1, -0.05) is 18.3 Å². The van der Waals surface area contributed by atoms with Crippen molar-refractivity contribution in [3.63, 3.8) is 0 Å². The van der Waals surface area contributed by atoms with Gasteiger partial charge in [0.1, 0.15) is 0 Å². The molecule has 0 aliphatic heterocycles. The van der Waals surface area contributed by atoms with E-state index in [0.717, 1.165) is 23.7 Å². The van der Waals surface area contributed by atoms with E-state index in [4.69, 9.17) is 0 Å². The van der Waals surface area contributed by atoms with Gasteiger partial charge in [0.15, 0.2) is 0 Å². The molecule has 108 valence electrons. The number of amides is 1. The Labute approximate surface area is 125 Å². The van der Waals surface area contributed by atoms with Crippen molar-refractivity contribution in [3.8, 4) is 0 Å². The molecule has 0 spiro atoms. The van der Waals surface area contributed by atoms with Gasteiger partial charge in [-0.2, -0.15) is 0 Å². The third-order valence-electron chi connectivity index (χ3n) is 2.55. The molecule has 6 nitrogen and oxygen atoms in total. The molecule has 0 unspecified atom stereocenters. The molecule has 0 saturated heterocycles. The summed E-state index contributed by atoms with van der Waals surface area (Å²) in [6.07, 6.45) is 1.01. The minimum absolute atomic E-state index is 0.127. The van der Waals surface area contributed by atoms with Gasteiger partial charge in [-0.15, -0.1) is 21.5 Å². The second-order valence-electron chi connectivity index (χ2n) is 4.36. The topological polar surface area (TPSA) is 71.0 Å². The zero-order valence-corrected chi connectivity index (χ0v) is 13.3. The summed E-state index contributed by atoms with van der Waals surface area (Å²) < 4.78 is 0. The fourth-order valence-electron chi connectivity index (χ4n) is 1.57. The first-order valence-electron chi connectivity index (χ1n) is 6.34. The molecule has 1 N–H and O–H groups in total. The van der Waals surface area contributed by atoms with E-state index in [1.165, 1.54) is 11.3 Å². The molecule has 0 fully saturated rings. The Kier molecular flexibility index (Phi) is 5.02. The number of anilines is 1. The highest BCUT2D eigenvalue weighted by molar-refractivity contribution is 7.17. The highest BCUT2D eigenvalue weighted by Crippen LogP contribution is 2.18. The van der Waals surface area contributed by atoms with Crippen molar-refractivity contribution in [2.75, 3.05) is 18.9 Å². The molecular formula is C12H17N5OS2. The highest BCUT2D eigenvalue weighted by atomic mass is 32.1. The lowest BCUT2D eigenvalue weighted by Crippen LogP contribution is -2.26. The molecule has 0 saturated carbocycles. The molecule has 20 heavy (non-hydrogen) atoms. The van der Waals surface area contributed by atoms with Gasteiger partial charge in [0.2, 0.25) is 10.1 Å². The second kappa shape index (κ2) is 6.76. The molecule has 0 atom stereocenters. The Morgan fingerprint density at radius 2 is 2.25 bits per heavy atom. The predicted molar refractivity (Wildman–Crippen MR) is 81.3 cm³/mol. The molecule has 8 heteroatoms. The maximum atomic E-state index is 12.2. The first kappa shape index (κ1) is 14.9. The van der Waals surface area contributed by atoms with Crippen molar-refractivity contribution in [1.82, 2.24) is 20.1 Å². The number of carbonyl (C=O) groups is 1. The van der Waals surface area contributed by atoms with Crippen molar-refractivity contribution in [2.45, 2.75) is 26.8 Å². The Morgan fingerprint density at radius 3 is 2.90 bits per heavy atom. The van der Waals surface area contributed by atoms with Crippen LogP contribution in [0, 0.1) is 6.92 Å². The molecule has 2 heterocycles. The van der Waals surface area contributed by atoms with E-state index < -0.39 is 0 Å². The Hall–Kier alpha value is -1.54. The van der Waals surface area contributed by atoms with Gasteiger partial charge in [0.25, 0.3) is 5.91 Å². The first-order valence-corrected chi connectivity index (χ1v) is 8.03. The lowest BCUT2D eigenvalue weighted by molar-refractivity contribution is 0.0782. The standard InChI is InChI=1S/C12H17N5OS2/c1-4-5-13-12-16-15-10(20-12)11(18)17(3)6-9-7-19-8(2)14-9/h7H,4-6H2,1-3H3,(H,13,16). The van der Waals surface area contributed by atoms with Crippen LogP contribution in [0.3, 0.4) is 0 Å². The summed E-state index contributed by atoms with van der Waals surface area (Å²) >= 11 is 2.87. The molecule has 0 aromatic carbocycles. The van der Waals surface area contributed by atoms with E-state index in [1.54, 1.807) is 23.3 Å². The highest BCUT2D eigenvalue weighted by Gasteiger charge is 2.18. The molecule has 2 aromatic heterocycles. The smallest absolute Gasteiger partial charge is 0.285 e. The molecule has 0 aliphatic carbocycles. The maximum Gasteiger partial charge on any atom is 0.285 e. The van der Waals surface area contributed by atoms with Crippen LogP contribution in [0.5, 0.6) is 0 Å². The van der Waals surface area contributed by atoms with Gasteiger partial charge in [-0.25, -0.2) is 4.98 Å². The molecule has 0 bridgehead atoms. The van der Waals surface area contributed by atoms with E-state index in [9.17, 15) is 4.79 Å². The summed E-state index contributed by atoms with van der Waals surface area (Å²) in [5, 5.41) is 15.1. The summed E-state index contributed by atoms with van der Waals surface area (Å²) in [5.74, 6) is -0.127. The summed E-state index contributed by atoms with van der Waals surface area (Å²) in [7, 11) is 1.75. The maximum absolute atomic E-state index is 12.2. The van der Waals surface area contributed by atoms with Crippen LogP contribution in [0.1, 0.15) is 33.8 Å². The van der Waals surface area contributed by atoms with E-state index >= 15 is 0 Å². The first-order chi connectivity index (χ1) is 9.60. The van der Waals surface area contributed by atoms with Crippen LogP contribution in [-0.4, -0.2) is 39.6 Å². The summed E-state index contributed by atoms with van der Waals surface area (Å²) in [5.41, 5.74) is 0.900. The molecule has 2 aromatic rings. The normalized spacial score (nSPS) is 10.6. The van der Waals surface area contributed by atoms with E-state index in [2.05, 4.69) is 27.4 Å². The third-order valence-corrected chi connectivity index (χ3v) is 4.24. The molecule has 1 amide bonds. The SMILES string of the molecule is CCCNc1nnc(C(=O)N(C)Cc2csc(C)n2)s1. The Bertz CT molecular complexity index is 580. The predicted octanol–water partition coefficient (Wildman–Crippen LogP) is 2.40. The zero-order valence-electron chi connectivity index (χ0n) is 11.7. The lowest BCUT2D eigenvalue weighted by atomic mass is 10.4. The van der Waals surface area contributed by atoms with E-state index in [-0.39, 0.29) is 5.91 Å². The van der Waals surface area contributed by atoms with Crippen LogP contribution >= 0.6 is 22.7 Å². The number of aromatic nitrogens is 3. The van der Waals surface area contributed by atoms with Crippen molar-refractivity contribution in [2.24, 2.45) is 0 Å². The average molecular weight is 311 g/mol. The summed E-state index contributed by atoms with van der Waals surface area (Å²) in [6, 6.07) is 0. The Morgan fingerprint density at radius 1 is 1.45 bits per heavy atom. The fraction of sp³-hybridized carbons (Fsp3) is 0.500. The minimum atomic E-state index is -0.127. The molecule has 0 radical (unpaired) electrons. The van der Waals surface area contributed by atoms with Gasteiger partial charge in [-0.05, 0) is 13.3 Å². The number of rotatable bonds is 6. The number of thiazole rings is 1. The zero-order chi connectivity index (χ0) is 14.5. The minimum Gasteiger partial charge on any atom is -0.360 e. The average Bonchev–Trinajstić information content (AvgIpc) is 3.04. The van der Waals surface area contributed by atoms with Crippen molar-refractivity contribution < 1.29 is 4.79 Å². The molecule has 2 rings (SSSR count). The van der Waals surface area contributed by atoms with Gasteiger partial charge >= 0.3 is 0 Å². The number of hydrogen-bond acceptors (Lipinski definition) is 7. The summed E-state index contributed by atoms with van der Waals surface area (Å²) in [6.45, 7) is 5.34. The number of hydrogen-bond donors (Lipinski definition) is 1. The number of aryl methyl sites for hydroxylation is 1.